The van der Waals surface area contributed by atoms with Gasteiger partial charge in [0, 0.05) is 6.07 Å². The van der Waals surface area contributed by atoms with Crippen molar-refractivity contribution in [3.63, 3.8) is 0 Å². The number of rotatable bonds is 5. The molecule has 3 rings (SSSR count). The molecule has 1 fully saturated rings. The Balaban J connectivity index is 1.61. The minimum absolute atomic E-state index is 0.166. The fourth-order valence-corrected chi connectivity index (χ4v) is 2.98. The van der Waals surface area contributed by atoms with Gasteiger partial charge in [-0.05, 0) is 48.6 Å². The summed E-state index contributed by atoms with van der Waals surface area (Å²) >= 11 is 0. The molecule has 0 bridgehead atoms. The van der Waals surface area contributed by atoms with Gasteiger partial charge in [-0.1, -0.05) is 12.1 Å². The van der Waals surface area contributed by atoms with E-state index in [0.717, 1.165) is 18.4 Å². The van der Waals surface area contributed by atoms with Gasteiger partial charge in [0.05, 0.1) is 25.9 Å². The third kappa shape index (κ3) is 4.02. The van der Waals surface area contributed by atoms with Crippen molar-refractivity contribution in [3.05, 3.63) is 53.8 Å². The van der Waals surface area contributed by atoms with Crippen molar-refractivity contribution in [2.75, 3.05) is 19.5 Å². The number of hydrogen-bond donors (Lipinski definition) is 2. The predicted molar refractivity (Wildman–Crippen MR) is 97.0 cm³/mol. The molecule has 6 heteroatoms. The number of methoxy groups -OCH3 is 2. The van der Waals surface area contributed by atoms with Gasteiger partial charge in [-0.15, -0.1) is 0 Å². The zero-order valence-corrected chi connectivity index (χ0v) is 14.3. The molecule has 0 spiro atoms. The standard InChI is InChI=1S/C19H22FN3O2/c1-24-16-7-8-18(25-2)17(11-16)23-19(21)22-15-9-13(10-15)12-3-5-14(20)6-4-12/h3-8,11,13,15H,9-10H2,1-2H3,(H3,21,22,23). The molecule has 1 aliphatic carbocycles. The Labute approximate surface area is 146 Å². The van der Waals surface area contributed by atoms with E-state index in [1.54, 1.807) is 14.2 Å². The molecular formula is C19H22FN3O2. The Bertz CT molecular complexity index is 756. The summed E-state index contributed by atoms with van der Waals surface area (Å²) in [5.74, 6) is 1.91. The number of nitrogens with zero attached hydrogens (tertiary/aromatic N) is 1. The topological polar surface area (TPSA) is 68.9 Å². The number of aliphatic imine (C=N–C) groups is 1. The Morgan fingerprint density at radius 2 is 1.84 bits per heavy atom. The first kappa shape index (κ1) is 17.1. The zero-order valence-electron chi connectivity index (χ0n) is 14.3. The van der Waals surface area contributed by atoms with Gasteiger partial charge >= 0.3 is 0 Å². The lowest BCUT2D eigenvalue weighted by Gasteiger charge is -2.33. The minimum atomic E-state index is -0.210. The van der Waals surface area contributed by atoms with Crippen LogP contribution in [0.4, 0.5) is 10.1 Å². The average molecular weight is 343 g/mol. The molecule has 132 valence electrons. The molecule has 1 saturated carbocycles. The molecule has 25 heavy (non-hydrogen) atoms. The van der Waals surface area contributed by atoms with E-state index in [1.165, 1.54) is 12.1 Å². The summed E-state index contributed by atoms with van der Waals surface area (Å²) in [5.41, 5.74) is 7.88. The van der Waals surface area contributed by atoms with E-state index in [1.807, 2.05) is 30.3 Å². The van der Waals surface area contributed by atoms with Crippen molar-refractivity contribution in [1.29, 1.82) is 0 Å². The molecule has 0 aliphatic heterocycles. The van der Waals surface area contributed by atoms with Gasteiger partial charge in [0.2, 0.25) is 0 Å². The van der Waals surface area contributed by atoms with Gasteiger partial charge in [-0.25, -0.2) is 9.38 Å². The maximum absolute atomic E-state index is 13.0. The van der Waals surface area contributed by atoms with E-state index in [-0.39, 0.29) is 11.9 Å². The van der Waals surface area contributed by atoms with Crippen LogP contribution < -0.4 is 20.5 Å². The number of nitrogens with one attached hydrogen (secondary N) is 1. The monoisotopic (exact) mass is 343 g/mol. The van der Waals surface area contributed by atoms with Crippen LogP contribution in [0.25, 0.3) is 0 Å². The summed E-state index contributed by atoms with van der Waals surface area (Å²) in [6.45, 7) is 0. The average Bonchev–Trinajstić information content (AvgIpc) is 2.58. The van der Waals surface area contributed by atoms with Gasteiger partial charge in [-0.2, -0.15) is 0 Å². The molecule has 0 aromatic heterocycles. The van der Waals surface area contributed by atoms with Gasteiger partial charge in [0.1, 0.15) is 17.3 Å². The lowest BCUT2D eigenvalue weighted by atomic mass is 9.76. The van der Waals surface area contributed by atoms with Gasteiger partial charge in [0.15, 0.2) is 5.96 Å². The molecule has 0 saturated heterocycles. The van der Waals surface area contributed by atoms with E-state index in [4.69, 9.17) is 15.2 Å². The maximum atomic E-state index is 13.0. The van der Waals surface area contributed by atoms with Crippen molar-refractivity contribution in [1.82, 2.24) is 0 Å². The number of hydrogen-bond acceptors (Lipinski definition) is 3. The van der Waals surface area contributed by atoms with Crippen molar-refractivity contribution < 1.29 is 13.9 Å². The zero-order chi connectivity index (χ0) is 17.8. The molecular weight excluding hydrogens is 321 g/mol. The normalized spacial score (nSPS) is 19.9. The van der Waals surface area contributed by atoms with Crippen LogP contribution in [-0.4, -0.2) is 26.2 Å². The highest BCUT2D eigenvalue weighted by molar-refractivity contribution is 5.94. The predicted octanol–water partition coefficient (Wildman–Crippen LogP) is 3.52. The molecule has 0 atom stereocenters. The summed E-state index contributed by atoms with van der Waals surface area (Å²) in [5, 5.41) is 3.07. The molecule has 0 heterocycles. The number of ether oxygens (including phenoxy) is 2. The smallest absolute Gasteiger partial charge is 0.193 e. The lowest BCUT2D eigenvalue weighted by molar-refractivity contribution is 0.353. The van der Waals surface area contributed by atoms with Crippen LogP contribution in [0.5, 0.6) is 11.5 Å². The van der Waals surface area contributed by atoms with Crippen LogP contribution >= 0.6 is 0 Å². The number of nitrogens with two attached hydrogens (primary N) is 1. The van der Waals surface area contributed by atoms with Crippen LogP contribution in [0.1, 0.15) is 24.3 Å². The van der Waals surface area contributed by atoms with E-state index >= 15 is 0 Å². The Hall–Kier alpha value is -2.76. The summed E-state index contributed by atoms with van der Waals surface area (Å²) in [4.78, 5) is 4.51. The third-order valence-corrected chi connectivity index (χ3v) is 4.45. The summed E-state index contributed by atoms with van der Waals surface area (Å²) in [6.07, 6.45) is 1.81. The van der Waals surface area contributed by atoms with E-state index < -0.39 is 0 Å². The lowest BCUT2D eigenvalue weighted by Crippen LogP contribution is -2.31. The Morgan fingerprint density at radius 3 is 2.48 bits per heavy atom. The minimum Gasteiger partial charge on any atom is -0.497 e. The number of benzene rings is 2. The second-order valence-corrected chi connectivity index (χ2v) is 6.08. The van der Waals surface area contributed by atoms with Gasteiger partial charge in [-0.3, -0.25) is 0 Å². The second kappa shape index (κ2) is 7.42. The molecule has 0 unspecified atom stereocenters. The number of guanidine groups is 1. The van der Waals surface area contributed by atoms with Crippen LogP contribution in [0.15, 0.2) is 47.5 Å². The Morgan fingerprint density at radius 1 is 1.12 bits per heavy atom. The van der Waals surface area contributed by atoms with Crippen LogP contribution in [0, 0.1) is 5.82 Å². The number of halogens is 1. The highest BCUT2D eigenvalue weighted by Crippen LogP contribution is 2.39. The molecule has 0 amide bonds. The quantitative estimate of drug-likeness (QED) is 0.644. The fourth-order valence-electron chi connectivity index (χ4n) is 2.98. The largest absolute Gasteiger partial charge is 0.497 e. The third-order valence-electron chi connectivity index (χ3n) is 4.45. The van der Waals surface area contributed by atoms with Crippen molar-refractivity contribution in [2.24, 2.45) is 10.7 Å². The summed E-state index contributed by atoms with van der Waals surface area (Å²) in [6, 6.07) is 12.3. The number of anilines is 1. The van der Waals surface area contributed by atoms with Crippen LogP contribution in [0.2, 0.25) is 0 Å². The van der Waals surface area contributed by atoms with E-state index in [9.17, 15) is 4.39 Å². The van der Waals surface area contributed by atoms with E-state index in [0.29, 0.717) is 29.1 Å². The molecule has 2 aromatic carbocycles. The van der Waals surface area contributed by atoms with E-state index in [2.05, 4.69) is 10.3 Å². The maximum Gasteiger partial charge on any atom is 0.193 e. The summed E-state index contributed by atoms with van der Waals surface area (Å²) in [7, 11) is 3.20. The molecule has 2 aromatic rings. The van der Waals surface area contributed by atoms with Crippen LogP contribution in [-0.2, 0) is 0 Å². The molecule has 1 aliphatic rings. The first-order valence-electron chi connectivity index (χ1n) is 8.17. The van der Waals surface area contributed by atoms with Gasteiger partial charge < -0.3 is 20.5 Å². The second-order valence-electron chi connectivity index (χ2n) is 6.08. The molecule has 3 N–H and O–H groups in total. The molecule has 0 radical (unpaired) electrons. The van der Waals surface area contributed by atoms with Crippen molar-refractivity contribution in [3.8, 4) is 11.5 Å². The van der Waals surface area contributed by atoms with Crippen LogP contribution in [0.3, 0.4) is 0 Å². The Kier molecular flexibility index (Phi) is 5.07. The highest BCUT2D eigenvalue weighted by atomic mass is 19.1. The first-order chi connectivity index (χ1) is 12.1. The van der Waals surface area contributed by atoms with Crippen molar-refractivity contribution in [2.45, 2.75) is 24.8 Å². The summed E-state index contributed by atoms with van der Waals surface area (Å²) < 4.78 is 23.5. The first-order valence-corrected chi connectivity index (χ1v) is 8.17. The van der Waals surface area contributed by atoms with Gasteiger partial charge in [0.25, 0.3) is 0 Å². The molecule has 5 nitrogen and oxygen atoms in total. The fraction of sp³-hybridized carbons (Fsp3) is 0.316. The SMILES string of the molecule is COc1ccc(OC)c(NC(N)=NC2CC(c3ccc(F)cc3)C2)c1. The highest BCUT2D eigenvalue weighted by Gasteiger charge is 2.30. The van der Waals surface area contributed by atoms with Crippen molar-refractivity contribution >= 4 is 11.6 Å².